The van der Waals surface area contributed by atoms with Gasteiger partial charge in [0.2, 0.25) is 0 Å². The Hall–Kier alpha value is -0.630. The van der Waals surface area contributed by atoms with Crippen LogP contribution in [-0.4, -0.2) is 30.8 Å². The summed E-state index contributed by atoms with van der Waals surface area (Å²) in [7, 11) is 0. The molecule has 0 bridgehead atoms. The Kier molecular flexibility index (Phi) is 2.01. The van der Waals surface area contributed by atoms with E-state index < -0.39 is 0 Å². The van der Waals surface area contributed by atoms with Gasteiger partial charge in [-0.05, 0) is 0 Å². The molecule has 0 spiro atoms. The van der Waals surface area contributed by atoms with Crippen molar-refractivity contribution in [2.45, 2.75) is 6.04 Å². The van der Waals surface area contributed by atoms with Crippen LogP contribution in [0.25, 0.3) is 0 Å². The monoisotopic (exact) mass is 127 g/mol. The van der Waals surface area contributed by atoms with Crippen molar-refractivity contribution in [3.63, 3.8) is 0 Å². The number of rotatable bonds is 0. The Morgan fingerprint density at radius 2 is 2.56 bits per heavy atom. The van der Waals surface area contributed by atoms with Crippen molar-refractivity contribution in [3.05, 3.63) is 0 Å². The van der Waals surface area contributed by atoms with Crippen LogP contribution < -0.4 is 5.84 Å². The molecule has 1 aliphatic rings. The number of hydrogen-bond donors (Lipinski definition) is 1. The van der Waals surface area contributed by atoms with Crippen molar-refractivity contribution in [2.24, 2.45) is 5.84 Å². The molecule has 1 aliphatic heterocycles. The van der Waals surface area contributed by atoms with Crippen LogP contribution in [0, 0.1) is 11.3 Å². The van der Waals surface area contributed by atoms with E-state index in [1.807, 2.05) is 6.07 Å². The molecular weight excluding hydrogens is 118 g/mol. The van der Waals surface area contributed by atoms with Gasteiger partial charge in [0.15, 0.2) is 0 Å². The summed E-state index contributed by atoms with van der Waals surface area (Å²) in [6.45, 7) is 1.72. The van der Waals surface area contributed by atoms with Crippen LogP contribution in [0.4, 0.5) is 0 Å². The molecule has 4 heteroatoms. The topological polar surface area (TPSA) is 62.3 Å². The standard InChI is InChI=1S/C5H9N3O/c6-3-5-4-9-2-1-8(5)7/h5H,1-2,4,7H2. The molecular formula is C5H9N3O. The number of hydrogen-bond acceptors (Lipinski definition) is 4. The molecule has 0 radical (unpaired) electrons. The van der Waals surface area contributed by atoms with E-state index in [1.165, 1.54) is 5.01 Å². The Morgan fingerprint density at radius 3 is 3.00 bits per heavy atom. The number of hydrazine groups is 1. The van der Waals surface area contributed by atoms with Gasteiger partial charge in [0.05, 0.1) is 19.3 Å². The molecule has 1 unspecified atom stereocenters. The first-order chi connectivity index (χ1) is 4.34. The van der Waals surface area contributed by atoms with Crippen molar-refractivity contribution in [1.29, 1.82) is 5.26 Å². The average Bonchev–Trinajstić information content (AvgIpc) is 1.89. The molecule has 0 aromatic heterocycles. The Bertz CT molecular complexity index is 131. The quantitative estimate of drug-likeness (QED) is 0.428. The van der Waals surface area contributed by atoms with Gasteiger partial charge in [0.1, 0.15) is 6.04 Å². The molecule has 4 nitrogen and oxygen atoms in total. The third kappa shape index (κ3) is 1.39. The van der Waals surface area contributed by atoms with Crippen molar-refractivity contribution in [1.82, 2.24) is 5.01 Å². The molecule has 0 aromatic carbocycles. The number of nitrogens with zero attached hydrogens (tertiary/aromatic N) is 2. The third-order valence-electron chi connectivity index (χ3n) is 1.32. The number of nitriles is 1. The second-order valence-electron chi connectivity index (χ2n) is 1.96. The van der Waals surface area contributed by atoms with E-state index in [9.17, 15) is 0 Å². The van der Waals surface area contributed by atoms with Gasteiger partial charge >= 0.3 is 0 Å². The van der Waals surface area contributed by atoms with E-state index in [0.717, 1.165) is 0 Å². The molecule has 0 amide bonds. The van der Waals surface area contributed by atoms with Crippen molar-refractivity contribution >= 4 is 0 Å². The van der Waals surface area contributed by atoms with E-state index in [4.69, 9.17) is 15.8 Å². The van der Waals surface area contributed by atoms with E-state index in [2.05, 4.69) is 0 Å². The fourth-order valence-electron chi connectivity index (χ4n) is 0.728. The zero-order chi connectivity index (χ0) is 6.69. The minimum Gasteiger partial charge on any atom is -0.377 e. The van der Waals surface area contributed by atoms with Crippen LogP contribution >= 0.6 is 0 Å². The lowest BCUT2D eigenvalue weighted by Crippen LogP contribution is -2.48. The molecule has 0 aliphatic carbocycles. The maximum absolute atomic E-state index is 8.41. The van der Waals surface area contributed by atoms with Gasteiger partial charge in [-0.3, -0.25) is 5.84 Å². The molecule has 9 heavy (non-hydrogen) atoms. The van der Waals surface area contributed by atoms with Crippen LogP contribution in [0.5, 0.6) is 0 Å². The Labute approximate surface area is 53.8 Å². The molecule has 0 aromatic rings. The van der Waals surface area contributed by atoms with Crippen molar-refractivity contribution in [2.75, 3.05) is 19.8 Å². The van der Waals surface area contributed by atoms with Crippen LogP contribution in [-0.2, 0) is 4.74 Å². The maximum atomic E-state index is 8.41. The number of ether oxygens (including phenoxy) is 1. The van der Waals surface area contributed by atoms with Gasteiger partial charge in [0.25, 0.3) is 0 Å². The normalized spacial score (nSPS) is 29.6. The molecule has 1 heterocycles. The molecule has 1 fully saturated rings. The third-order valence-corrected chi connectivity index (χ3v) is 1.32. The molecule has 1 rings (SSSR count). The lowest BCUT2D eigenvalue weighted by atomic mass is 10.3. The van der Waals surface area contributed by atoms with Gasteiger partial charge in [-0.15, -0.1) is 0 Å². The van der Waals surface area contributed by atoms with E-state index in [0.29, 0.717) is 19.8 Å². The van der Waals surface area contributed by atoms with Crippen molar-refractivity contribution in [3.8, 4) is 6.07 Å². The van der Waals surface area contributed by atoms with Gasteiger partial charge < -0.3 is 4.74 Å². The molecule has 2 N–H and O–H groups in total. The predicted octanol–water partition coefficient (Wildman–Crippen LogP) is -0.916. The number of morpholine rings is 1. The highest BCUT2D eigenvalue weighted by molar-refractivity contribution is 4.91. The highest BCUT2D eigenvalue weighted by Crippen LogP contribution is 1.98. The van der Waals surface area contributed by atoms with Gasteiger partial charge in [-0.2, -0.15) is 5.26 Å². The zero-order valence-corrected chi connectivity index (χ0v) is 5.08. The molecule has 1 saturated heterocycles. The first kappa shape index (κ1) is 6.49. The lowest BCUT2D eigenvalue weighted by Gasteiger charge is -2.26. The predicted molar refractivity (Wildman–Crippen MR) is 31.1 cm³/mol. The SMILES string of the molecule is N#CC1COCCN1N. The van der Waals surface area contributed by atoms with E-state index in [1.54, 1.807) is 0 Å². The van der Waals surface area contributed by atoms with Crippen LogP contribution in [0.1, 0.15) is 0 Å². The van der Waals surface area contributed by atoms with Gasteiger partial charge in [0, 0.05) is 6.54 Å². The lowest BCUT2D eigenvalue weighted by molar-refractivity contribution is 0.0126. The summed E-state index contributed by atoms with van der Waals surface area (Å²) < 4.78 is 5.00. The second kappa shape index (κ2) is 2.78. The Balaban J connectivity index is 2.41. The summed E-state index contributed by atoms with van der Waals surface area (Å²) in [5, 5.41) is 9.91. The minimum absolute atomic E-state index is 0.251. The summed E-state index contributed by atoms with van der Waals surface area (Å²) in [6.07, 6.45) is 0. The zero-order valence-electron chi connectivity index (χ0n) is 5.08. The summed E-state index contributed by atoms with van der Waals surface area (Å²) in [5.41, 5.74) is 0. The fraction of sp³-hybridized carbons (Fsp3) is 0.800. The van der Waals surface area contributed by atoms with E-state index >= 15 is 0 Å². The van der Waals surface area contributed by atoms with E-state index in [-0.39, 0.29) is 6.04 Å². The second-order valence-corrected chi connectivity index (χ2v) is 1.96. The highest BCUT2D eigenvalue weighted by atomic mass is 16.5. The summed E-state index contributed by atoms with van der Waals surface area (Å²) in [4.78, 5) is 0. The minimum atomic E-state index is -0.251. The largest absolute Gasteiger partial charge is 0.377 e. The highest BCUT2D eigenvalue weighted by Gasteiger charge is 2.18. The maximum Gasteiger partial charge on any atom is 0.134 e. The van der Waals surface area contributed by atoms with Crippen LogP contribution in [0.3, 0.4) is 0 Å². The molecule has 50 valence electrons. The summed E-state index contributed by atoms with van der Waals surface area (Å²) >= 11 is 0. The fourth-order valence-corrected chi connectivity index (χ4v) is 0.728. The number of nitrogens with two attached hydrogens (primary N) is 1. The molecule has 1 atom stereocenters. The van der Waals surface area contributed by atoms with Crippen molar-refractivity contribution < 1.29 is 4.74 Å². The molecule has 0 saturated carbocycles. The van der Waals surface area contributed by atoms with Gasteiger partial charge in [-0.25, -0.2) is 5.01 Å². The van der Waals surface area contributed by atoms with Gasteiger partial charge in [-0.1, -0.05) is 0 Å². The smallest absolute Gasteiger partial charge is 0.134 e. The van der Waals surface area contributed by atoms with Crippen LogP contribution in [0.15, 0.2) is 0 Å². The average molecular weight is 127 g/mol. The first-order valence-corrected chi connectivity index (χ1v) is 2.83. The Morgan fingerprint density at radius 1 is 1.78 bits per heavy atom. The first-order valence-electron chi connectivity index (χ1n) is 2.83. The summed E-state index contributed by atoms with van der Waals surface area (Å²) in [6, 6.07) is 1.78. The summed E-state index contributed by atoms with van der Waals surface area (Å²) in [5.74, 6) is 5.42. The van der Waals surface area contributed by atoms with Crippen LogP contribution in [0.2, 0.25) is 0 Å².